The first kappa shape index (κ1) is 11.8. The zero-order valence-electron chi connectivity index (χ0n) is 8.39. The van der Waals surface area contributed by atoms with Gasteiger partial charge in [-0.25, -0.2) is 8.78 Å². The molecule has 0 aromatic heterocycles. The Bertz CT molecular complexity index is 484. The van der Waals surface area contributed by atoms with Crippen LogP contribution in [-0.2, 0) is 9.59 Å². The molecule has 7 heteroatoms. The van der Waals surface area contributed by atoms with Gasteiger partial charge in [0.15, 0.2) is 5.82 Å². The van der Waals surface area contributed by atoms with Gasteiger partial charge in [0.1, 0.15) is 11.9 Å². The number of amides is 2. The van der Waals surface area contributed by atoms with Gasteiger partial charge in [-0.2, -0.15) is 0 Å². The second-order valence-corrected chi connectivity index (χ2v) is 3.97. The fourth-order valence-corrected chi connectivity index (χ4v) is 1.77. The Hall–Kier alpha value is -1.69. The van der Waals surface area contributed by atoms with Gasteiger partial charge in [0.2, 0.25) is 11.8 Å². The topological polar surface area (TPSA) is 58.2 Å². The molecule has 1 heterocycles. The molecule has 4 nitrogen and oxygen atoms in total. The lowest BCUT2D eigenvalue weighted by Crippen LogP contribution is -2.30. The second-order valence-electron chi connectivity index (χ2n) is 3.56. The number of benzene rings is 1. The molecule has 1 aliphatic rings. The number of hydrogen-bond acceptors (Lipinski definition) is 3. The molecule has 90 valence electrons. The maximum Gasteiger partial charge on any atom is 0.249 e. The van der Waals surface area contributed by atoms with Crippen LogP contribution < -0.4 is 10.6 Å². The number of halogens is 3. The zero-order chi connectivity index (χ0) is 12.6. The third-order valence-corrected chi connectivity index (χ3v) is 2.59. The Kier molecular flexibility index (Phi) is 2.97. The van der Waals surface area contributed by atoms with Crippen LogP contribution >= 0.6 is 11.6 Å². The highest BCUT2D eigenvalue weighted by molar-refractivity contribution is 6.33. The van der Waals surface area contributed by atoms with E-state index < -0.39 is 29.5 Å². The Morgan fingerprint density at radius 3 is 2.59 bits per heavy atom. The molecule has 2 amide bonds. The van der Waals surface area contributed by atoms with E-state index in [1.165, 1.54) is 0 Å². The highest BCUT2D eigenvalue weighted by Crippen LogP contribution is 2.27. The van der Waals surface area contributed by atoms with Crippen LogP contribution in [0.1, 0.15) is 6.42 Å². The molecule has 1 saturated heterocycles. The van der Waals surface area contributed by atoms with Crippen molar-refractivity contribution in [3.8, 4) is 0 Å². The Morgan fingerprint density at radius 1 is 1.35 bits per heavy atom. The molecule has 2 rings (SSSR count). The molecule has 0 bridgehead atoms. The summed E-state index contributed by atoms with van der Waals surface area (Å²) in [5.41, 5.74) is -0.192. The molecule has 1 unspecified atom stereocenters. The van der Waals surface area contributed by atoms with Crippen molar-refractivity contribution in [3.05, 3.63) is 28.8 Å². The van der Waals surface area contributed by atoms with Crippen LogP contribution in [0.3, 0.4) is 0 Å². The summed E-state index contributed by atoms with van der Waals surface area (Å²) in [5, 5.41) is 4.35. The molecule has 0 radical (unpaired) electrons. The highest BCUT2D eigenvalue weighted by atomic mass is 35.5. The SMILES string of the molecule is O=C1CC(Nc2c(F)cc(F)cc2Cl)C(=O)N1. The summed E-state index contributed by atoms with van der Waals surface area (Å²) in [4.78, 5) is 22.2. The van der Waals surface area contributed by atoms with Gasteiger partial charge >= 0.3 is 0 Å². The van der Waals surface area contributed by atoms with E-state index >= 15 is 0 Å². The van der Waals surface area contributed by atoms with E-state index in [-0.39, 0.29) is 17.1 Å². The highest BCUT2D eigenvalue weighted by Gasteiger charge is 2.31. The van der Waals surface area contributed by atoms with Gasteiger partial charge in [-0.15, -0.1) is 0 Å². The smallest absolute Gasteiger partial charge is 0.249 e. The predicted molar refractivity (Wildman–Crippen MR) is 56.5 cm³/mol. The zero-order valence-corrected chi connectivity index (χ0v) is 9.15. The first-order chi connectivity index (χ1) is 7.97. The fraction of sp³-hybridized carbons (Fsp3) is 0.200. The van der Waals surface area contributed by atoms with Crippen molar-refractivity contribution in [2.24, 2.45) is 0 Å². The van der Waals surface area contributed by atoms with Crippen LogP contribution in [-0.4, -0.2) is 17.9 Å². The summed E-state index contributed by atoms with van der Waals surface area (Å²) in [6.45, 7) is 0. The number of hydrogen-bond donors (Lipinski definition) is 2. The maximum atomic E-state index is 13.4. The quantitative estimate of drug-likeness (QED) is 0.791. The number of imide groups is 1. The van der Waals surface area contributed by atoms with Gasteiger partial charge in [0.05, 0.1) is 17.1 Å². The molecule has 2 N–H and O–H groups in total. The minimum absolute atomic E-state index is 0.105. The summed E-state index contributed by atoms with van der Waals surface area (Å²) in [6.07, 6.45) is -0.105. The van der Waals surface area contributed by atoms with Crippen LogP contribution in [0.15, 0.2) is 12.1 Å². The molecule has 17 heavy (non-hydrogen) atoms. The molecule has 1 aromatic carbocycles. The van der Waals surface area contributed by atoms with Gasteiger partial charge in [-0.05, 0) is 6.07 Å². The monoisotopic (exact) mass is 260 g/mol. The summed E-state index contributed by atoms with van der Waals surface area (Å²) in [5.74, 6) is -2.74. The van der Waals surface area contributed by atoms with E-state index in [0.717, 1.165) is 6.07 Å². The number of carbonyl (C=O) groups excluding carboxylic acids is 2. The van der Waals surface area contributed by atoms with Crippen LogP contribution in [0, 0.1) is 11.6 Å². The van der Waals surface area contributed by atoms with Gasteiger partial charge < -0.3 is 5.32 Å². The van der Waals surface area contributed by atoms with E-state index in [4.69, 9.17) is 11.6 Å². The van der Waals surface area contributed by atoms with Crippen LogP contribution in [0.5, 0.6) is 0 Å². The number of rotatable bonds is 2. The van der Waals surface area contributed by atoms with E-state index in [0.29, 0.717) is 6.07 Å². The van der Waals surface area contributed by atoms with Gasteiger partial charge in [0.25, 0.3) is 0 Å². The maximum absolute atomic E-state index is 13.4. The van der Waals surface area contributed by atoms with E-state index in [2.05, 4.69) is 10.6 Å². The van der Waals surface area contributed by atoms with Crippen molar-refractivity contribution in [1.29, 1.82) is 0 Å². The summed E-state index contributed by atoms with van der Waals surface area (Å²) < 4.78 is 26.2. The van der Waals surface area contributed by atoms with E-state index in [1.807, 2.05) is 0 Å². The molecule has 1 aliphatic heterocycles. The number of anilines is 1. The van der Waals surface area contributed by atoms with Crippen LogP contribution in [0.4, 0.5) is 14.5 Å². The van der Waals surface area contributed by atoms with Crippen LogP contribution in [0.25, 0.3) is 0 Å². The lowest BCUT2D eigenvalue weighted by molar-refractivity contribution is -0.124. The summed E-state index contributed by atoms with van der Waals surface area (Å²) >= 11 is 5.64. The first-order valence-electron chi connectivity index (χ1n) is 4.72. The number of carbonyl (C=O) groups is 2. The molecule has 1 atom stereocenters. The predicted octanol–water partition coefficient (Wildman–Crippen LogP) is 1.45. The Morgan fingerprint density at radius 2 is 2.06 bits per heavy atom. The molecular formula is C10H7ClF2N2O2. The average molecular weight is 261 g/mol. The Labute approximate surface area is 99.9 Å². The third kappa shape index (κ3) is 2.36. The van der Waals surface area contributed by atoms with E-state index in [9.17, 15) is 18.4 Å². The standard InChI is InChI=1S/C10H7ClF2N2O2/c11-5-1-4(12)2-6(13)9(5)14-7-3-8(16)15-10(7)17/h1-2,7,14H,3H2,(H,15,16,17). The first-order valence-corrected chi connectivity index (χ1v) is 5.10. The normalized spacial score (nSPS) is 19.4. The minimum atomic E-state index is -0.915. The molecular weight excluding hydrogens is 254 g/mol. The molecule has 1 aromatic rings. The Balaban J connectivity index is 2.25. The van der Waals surface area contributed by atoms with Crippen molar-refractivity contribution in [1.82, 2.24) is 5.32 Å². The average Bonchev–Trinajstić information content (AvgIpc) is 2.51. The molecule has 0 spiro atoms. The van der Waals surface area contributed by atoms with Crippen molar-refractivity contribution in [2.45, 2.75) is 12.5 Å². The molecule has 0 saturated carbocycles. The van der Waals surface area contributed by atoms with Crippen molar-refractivity contribution in [2.75, 3.05) is 5.32 Å². The molecule has 0 aliphatic carbocycles. The second kappa shape index (κ2) is 4.29. The molecule has 1 fully saturated rings. The van der Waals surface area contributed by atoms with Crippen molar-refractivity contribution in [3.63, 3.8) is 0 Å². The van der Waals surface area contributed by atoms with Gasteiger partial charge in [-0.3, -0.25) is 14.9 Å². The fourth-order valence-electron chi connectivity index (χ4n) is 1.52. The third-order valence-electron chi connectivity index (χ3n) is 2.29. The van der Waals surface area contributed by atoms with E-state index in [1.54, 1.807) is 0 Å². The minimum Gasteiger partial charge on any atom is -0.370 e. The van der Waals surface area contributed by atoms with Crippen LogP contribution in [0.2, 0.25) is 5.02 Å². The summed E-state index contributed by atoms with van der Waals surface area (Å²) in [6, 6.07) is 0.671. The van der Waals surface area contributed by atoms with Crippen molar-refractivity contribution < 1.29 is 18.4 Å². The lowest BCUT2D eigenvalue weighted by Gasteiger charge is -2.13. The summed E-state index contributed by atoms with van der Waals surface area (Å²) in [7, 11) is 0. The van der Waals surface area contributed by atoms with Gasteiger partial charge in [0, 0.05) is 6.07 Å². The van der Waals surface area contributed by atoms with Crippen molar-refractivity contribution >= 4 is 29.1 Å². The lowest BCUT2D eigenvalue weighted by atomic mass is 10.2. The number of nitrogens with one attached hydrogen (secondary N) is 2. The van der Waals surface area contributed by atoms with Gasteiger partial charge in [-0.1, -0.05) is 11.6 Å². The largest absolute Gasteiger partial charge is 0.370 e.